The second-order valence-electron chi connectivity index (χ2n) is 4.33. The van der Waals surface area contributed by atoms with Gasteiger partial charge in [0.2, 0.25) is 7.37 Å². The van der Waals surface area contributed by atoms with Crippen molar-refractivity contribution in [2.75, 3.05) is 19.3 Å². The predicted molar refractivity (Wildman–Crippen MR) is 77.9 cm³/mol. The van der Waals surface area contributed by atoms with E-state index in [2.05, 4.69) is 0 Å². The molecule has 0 spiro atoms. The van der Waals surface area contributed by atoms with E-state index in [-0.39, 0.29) is 30.2 Å². The number of ether oxygens (including phenoxy) is 1. The summed E-state index contributed by atoms with van der Waals surface area (Å²) in [5.74, 6) is -2.46. The molecule has 0 heterocycles. The Kier molecular flexibility index (Phi) is 9.73. The molecule has 0 aliphatic rings. The Labute approximate surface area is 132 Å². The first-order chi connectivity index (χ1) is 10.8. The van der Waals surface area contributed by atoms with Crippen LogP contribution in [0.1, 0.15) is 17.8 Å². The molecule has 1 aromatic rings. The van der Waals surface area contributed by atoms with Crippen LogP contribution in [0.3, 0.4) is 0 Å². The Morgan fingerprint density at radius 2 is 2.00 bits per heavy atom. The summed E-state index contributed by atoms with van der Waals surface area (Å²) in [5, 5.41) is 18.5. The van der Waals surface area contributed by atoms with Gasteiger partial charge in [0.05, 0.1) is 0 Å². The van der Waals surface area contributed by atoms with Crippen LogP contribution in [-0.4, -0.2) is 46.5 Å². The zero-order valence-corrected chi connectivity index (χ0v) is 13.0. The van der Waals surface area contributed by atoms with Crippen LogP contribution in [-0.2, 0) is 18.9 Å². The van der Waals surface area contributed by atoms with Crippen LogP contribution < -0.4 is 10.5 Å². The fourth-order valence-electron chi connectivity index (χ4n) is 1.58. The van der Waals surface area contributed by atoms with E-state index in [1.54, 1.807) is 0 Å². The smallest absolute Gasteiger partial charge is 0.373 e. The number of carboxylic acids is 1. The molecule has 1 rings (SSSR count). The maximum absolute atomic E-state index is 12.0. The number of aliphatic carboxylic acids is 1. The van der Waals surface area contributed by atoms with Crippen molar-refractivity contribution in [3.8, 4) is 5.75 Å². The fourth-order valence-corrected chi connectivity index (χ4v) is 3.09. The molecule has 0 bridgehead atoms. The van der Waals surface area contributed by atoms with Crippen molar-refractivity contribution >= 4 is 19.5 Å². The maximum atomic E-state index is 12.0. The number of hydrogen-bond donors (Lipinski definition) is 4. The summed E-state index contributed by atoms with van der Waals surface area (Å²) in [4.78, 5) is 36.4. The van der Waals surface area contributed by atoms with Crippen LogP contribution in [0.15, 0.2) is 24.3 Å². The van der Waals surface area contributed by atoms with Gasteiger partial charge in [0.15, 0.2) is 12.5 Å². The monoisotopic (exact) mass is 347 g/mol. The molecule has 9 nitrogen and oxygen atoms in total. The van der Waals surface area contributed by atoms with E-state index in [0.717, 1.165) is 0 Å². The van der Waals surface area contributed by atoms with Crippen LogP contribution >= 0.6 is 7.37 Å². The maximum Gasteiger partial charge on any atom is 0.373 e. The van der Waals surface area contributed by atoms with E-state index in [4.69, 9.17) is 25.2 Å². The van der Waals surface area contributed by atoms with Gasteiger partial charge in [-0.15, -0.1) is 0 Å². The zero-order valence-electron chi connectivity index (χ0n) is 12.1. The molecule has 2 unspecified atom stereocenters. The number of benzene rings is 1. The number of aliphatic hydroxyl groups excluding tert-OH is 1. The second kappa shape index (κ2) is 10.7. The number of aliphatic hydroxyl groups is 1. The molecule has 0 fully saturated rings. The molecule has 5 N–H and O–H groups in total. The van der Waals surface area contributed by atoms with Gasteiger partial charge in [0, 0.05) is 6.16 Å². The number of carbonyl (C=O) groups excluding carboxylic acids is 2. The van der Waals surface area contributed by atoms with Gasteiger partial charge in [-0.1, -0.05) is 12.1 Å². The van der Waals surface area contributed by atoms with Crippen molar-refractivity contribution in [2.24, 2.45) is 5.73 Å². The highest BCUT2D eigenvalue weighted by atomic mass is 31.2. The molecule has 0 saturated heterocycles. The summed E-state index contributed by atoms with van der Waals surface area (Å²) < 4.78 is 16.9. The van der Waals surface area contributed by atoms with Gasteiger partial charge in [0.1, 0.15) is 5.75 Å². The van der Waals surface area contributed by atoms with Gasteiger partial charge in [-0.25, -0.2) is 4.79 Å². The van der Waals surface area contributed by atoms with Crippen molar-refractivity contribution < 1.29 is 38.8 Å². The molecule has 0 amide bonds. The van der Waals surface area contributed by atoms with E-state index < -0.39 is 25.8 Å². The molecule has 0 radical (unpaired) electrons. The third-order valence-corrected chi connectivity index (χ3v) is 4.60. The van der Waals surface area contributed by atoms with E-state index in [0.29, 0.717) is 6.42 Å². The van der Waals surface area contributed by atoms with Gasteiger partial charge in [-0.3, -0.25) is 4.57 Å². The van der Waals surface area contributed by atoms with Crippen LogP contribution in [0, 0.1) is 0 Å². The number of rotatable bonds is 8. The Morgan fingerprint density at radius 3 is 2.52 bits per heavy atom. The van der Waals surface area contributed by atoms with Crippen molar-refractivity contribution in [1.29, 1.82) is 0 Å². The first-order valence-corrected chi connectivity index (χ1v) is 8.33. The first kappa shape index (κ1) is 21.0. The normalized spacial score (nSPS) is 13.7. The SMILES string of the molecule is NCCCP(=O)(O)C(O)c1cccc(OCC(=O)O)c1.O=C=O. The number of carbonyl (C=O) groups is 1. The van der Waals surface area contributed by atoms with Crippen LogP contribution in [0.5, 0.6) is 5.75 Å². The minimum atomic E-state index is -3.78. The molecule has 0 aliphatic heterocycles. The third kappa shape index (κ3) is 8.25. The molecule has 2 atom stereocenters. The molecule has 128 valence electrons. The lowest BCUT2D eigenvalue weighted by Gasteiger charge is -2.18. The molecule has 0 aromatic heterocycles. The number of nitrogens with two attached hydrogens (primary N) is 1. The van der Waals surface area contributed by atoms with Gasteiger partial charge >= 0.3 is 12.1 Å². The average Bonchev–Trinajstić information content (AvgIpc) is 2.51. The zero-order chi connectivity index (χ0) is 17.9. The third-order valence-electron chi connectivity index (χ3n) is 2.58. The lowest BCUT2D eigenvalue weighted by molar-refractivity contribution is -0.191. The first-order valence-electron chi connectivity index (χ1n) is 6.42. The van der Waals surface area contributed by atoms with Crippen LogP contribution in [0.4, 0.5) is 0 Å². The average molecular weight is 347 g/mol. The van der Waals surface area contributed by atoms with Crippen molar-refractivity contribution in [1.82, 2.24) is 0 Å². The lowest BCUT2D eigenvalue weighted by Crippen LogP contribution is -2.10. The Morgan fingerprint density at radius 1 is 1.39 bits per heavy atom. The number of hydrogen-bond acceptors (Lipinski definition) is 7. The standard InChI is InChI=1S/C12H18NO6P.CO2/c13-5-2-6-20(17,18)12(16)9-3-1-4-10(7-9)19-8-11(14)15;2-1-3/h1,3-4,7,12,16H,2,5-6,8,13H2,(H,14,15)(H,17,18);. The largest absolute Gasteiger partial charge is 0.482 e. The summed E-state index contributed by atoms with van der Waals surface area (Å²) in [6, 6.07) is 5.84. The van der Waals surface area contributed by atoms with Gasteiger partial charge in [0.25, 0.3) is 0 Å². The highest BCUT2D eigenvalue weighted by Crippen LogP contribution is 2.54. The Bertz CT molecular complexity index is 585. The topological polar surface area (TPSA) is 164 Å². The van der Waals surface area contributed by atoms with Crippen LogP contribution in [0.2, 0.25) is 0 Å². The quantitative estimate of drug-likeness (QED) is 0.480. The molecular weight excluding hydrogens is 329 g/mol. The summed E-state index contributed by atoms with van der Waals surface area (Å²) in [5.41, 5.74) is 5.48. The highest BCUT2D eigenvalue weighted by molar-refractivity contribution is 7.58. The van der Waals surface area contributed by atoms with Crippen molar-refractivity contribution in [3.63, 3.8) is 0 Å². The minimum Gasteiger partial charge on any atom is -0.482 e. The molecule has 0 saturated carbocycles. The molecule has 10 heteroatoms. The van der Waals surface area contributed by atoms with E-state index in [1.807, 2.05) is 0 Å². The van der Waals surface area contributed by atoms with Gasteiger partial charge in [-0.05, 0) is 30.7 Å². The van der Waals surface area contributed by atoms with Crippen molar-refractivity contribution in [2.45, 2.75) is 12.3 Å². The highest BCUT2D eigenvalue weighted by Gasteiger charge is 2.29. The predicted octanol–water partition coefficient (Wildman–Crippen LogP) is 0.177. The van der Waals surface area contributed by atoms with Crippen LogP contribution in [0.25, 0.3) is 0 Å². The van der Waals surface area contributed by atoms with E-state index in [9.17, 15) is 19.4 Å². The second-order valence-corrected chi connectivity index (χ2v) is 6.78. The molecule has 1 aromatic carbocycles. The van der Waals surface area contributed by atoms with Gasteiger partial charge < -0.3 is 25.6 Å². The summed E-state index contributed by atoms with van der Waals surface area (Å²) >= 11 is 0. The minimum absolute atomic E-state index is 0.0785. The Hall–Kier alpha value is -2.02. The van der Waals surface area contributed by atoms with E-state index in [1.165, 1.54) is 24.3 Å². The lowest BCUT2D eigenvalue weighted by atomic mass is 10.2. The van der Waals surface area contributed by atoms with Gasteiger partial charge in [-0.2, -0.15) is 9.59 Å². The molecule has 0 aliphatic carbocycles. The van der Waals surface area contributed by atoms with Crippen molar-refractivity contribution in [3.05, 3.63) is 29.8 Å². The van der Waals surface area contributed by atoms with E-state index >= 15 is 0 Å². The molecule has 23 heavy (non-hydrogen) atoms. The summed E-state index contributed by atoms with van der Waals surface area (Å²) in [6.07, 6.45) is 0.505. The summed E-state index contributed by atoms with van der Waals surface area (Å²) in [6.45, 7) is -0.261. The fraction of sp³-hybridized carbons (Fsp3) is 0.385. The molecular formula is C13H18NO8P. The summed E-state index contributed by atoms with van der Waals surface area (Å²) in [7, 11) is -3.78. The number of carboxylic acid groups (broad SMARTS) is 1. The Balaban J connectivity index is 0.00000149.